The first-order chi connectivity index (χ1) is 8.65. The van der Waals surface area contributed by atoms with Crippen LogP contribution in [-0.2, 0) is 4.74 Å². The van der Waals surface area contributed by atoms with Crippen molar-refractivity contribution in [1.29, 1.82) is 0 Å². The van der Waals surface area contributed by atoms with Gasteiger partial charge in [0.05, 0.1) is 12.7 Å². The number of ether oxygens (including phenoxy) is 1. The van der Waals surface area contributed by atoms with Crippen molar-refractivity contribution >= 4 is 21.9 Å². The van der Waals surface area contributed by atoms with Crippen LogP contribution in [0.15, 0.2) is 41.1 Å². The van der Waals surface area contributed by atoms with E-state index in [2.05, 4.69) is 20.9 Å². The van der Waals surface area contributed by atoms with E-state index in [1.807, 2.05) is 25.1 Å². The summed E-state index contributed by atoms with van der Waals surface area (Å²) in [4.78, 5) is 15.9. The van der Waals surface area contributed by atoms with E-state index < -0.39 is 0 Å². The average Bonchev–Trinajstić information content (AvgIpc) is 2.41. The predicted molar refractivity (Wildman–Crippen MR) is 73.4 cm³/mol. The van der Waals surface area contributed by atoms with Crippen LogP contribution in [0.25, 0.3) is 11.1 Å². The van der Waals surface area contributed by atoms with Gasteiger partial charge < -0.3 is 4.74 Å². The van der Waals surface area contributed by atoms with E-state index in [0.717, 1.165) is 21.2 Å². The first-order valence-corrected chi connectivity index (χ1v) is 6.22. The van der Waals surface area contributed by atoms with Gasteiger partial charge in [-0.05, 0) is 40.0 Å². The van der Waals surface area contributed by atoms with Gasteiger partial charge in [0, 0.05) is 22.4 Å². The zero-order chi connectivity index (χ0) is 13.1. The number of benzene rings is 1. The Bertz CT molecular complexity index is 596. The third kappa shape index (κ3) is 2.29. The van der Waals surface area contributed by atoms with Gasteiger partial charge in [-0.2, -0.15) is 0 Å². The number of aromatic nitrogens is 1. The molecule has 0 atom stereocenters. The molecule has 0 aliphatic rings. The third-order valence-electron chi connectivity index (χ3n) is 2.78. The van der Waals surface area contributed by atoms with Gasteiger partial charge in [0.1, 0.15) is 0 Å². The number of hydrogen-bond donors (Lipinski definition) is 0. The summed E-state index contributed by atoms with van der Waals surface area (Å²) in [6.45, 7) is 1.98. The largest absolute Gasteiger partial charge is 0.465 e. The lowest BCUT2D eigenvalue weighted by Crippen LogP contribution is -2.04. The smallest absolute Gasteiger partial charge is 0.338 e. The Kier molecular flexibility index (Phi) is 3.77. The molecule has 2 aromatic rings. The van der Waals surface area contributed by atoms with Crippen molar-refractivity contribution in [2.24, 2.45) is 0 Å². The molecule has 0 spiro atoms. The van der Waals surface area contributed by atoms with Gasteiger partial charge in [0.25, 0.3) is 0 Å². The van der Waals surface area contributed by atoms with Crippen molar-refractivity contribution in [1.82, 2.24) is 4.98 Å². The molecule has 0 saturated carbocycles. The van der Waals surface area contributed by atoms with Gasteiger partial charge in [-0.15, -0.1) is 0 Å². The minimum absolute atomic E-state index is 0.343. The molecular weight excluding hydrogens is 294 g/mol. The molecule has 92 valence electrons. The zero-order valence-corrected chi connectivity index (χ0v) is 11.7. The van der Waals surface area contributed by atoms with E-state index in [9.17, 15) is 4.79 Å². The van der Waals surface area contributed by atoms with Crippen molar-refractivity contribution in [2.75, 3.05) is 7.11 Å². The van der Waals surface area contributed by atoms with Crippen molar-refractivity contribution in [3.8, 4) is 11.1 Å². The van der Waals surface area contributed by atoms with Gasteiger partial charge in [0.15, 0.2) is 0 Å². The van der Waals surface area contributed by atoms with Gasteiger partial charge in [0.2, 0.25) is 0 Å². The molecule has 0 unspecified atom stereocenters. The van der Waals surface area contributed by atoms with Gasteiger partial charge in [-0.3, -0.25) is 4.98 Å². The highest BCUT2D eigenvalue weighted by molar-refractivity contribution is 9.10. The monoisotopic (exact) mass is 305 g/mol. The summed E-state index contributed by atoms with van der Waals surface area (Å²) < 4.78 is 5.71. The van der Waals surface area contributed by atoms with Crippen LogP contribution < -0.4 is 0 Å². The van der Waals surface area contributed by atoms with Crippen molar-refractivity contribution in [2.45, 2.75) is 6.92 Å². The van der Waals surface area contributed by atoms with Crippen molar-refractivity contribution < 1.29 is 9.53 Å². The van der Waals surface area contributed by atoms with Crippen LogP contribution in [0.3, 0.4) is 0 Å². The molecule has 0 fully saturated rings. The zero-order valence-electron chi connectivity index (χ0n) is 10.1. The molecule has 0 aliphatic heterocycles. The Morgan fingerprint density at radius 1 is 1.22 bits per heavy atom. The van der Waals surface area contributed by atoms with Gasteiger partial charge in [-0.1, -0.05) is 18.2 Å². The molecule has 1 aromatic heterocycles. The second-order valence-corrected chi connectivity index (χ2v) is 4.69. The molecule has 18 heavy (non-hydrogen) atoms. The third-order valence-corrected chi connectivity index (χ3v) is 3.58. The Morgan fingerprint density at radius 3 is 2.67 bits per heavy atom. The summed E-state index contributed by atoms with van der Waals surface area (Å²) in [7, 11) is 1.38. The predicted octanol–water partition coefficient (Wildman–Crippen LogP) is 3.61. The molecule has 2 rings (SSSR count). The Balaban J connectivity index is 2.64. The van der Waals surface area contributed by atoms with Crippen LogP contribution in [0.5, 0.6) is 0 Å². The maximum atomic E-state index is 11.7. The van der Waals surface area contributed by atoms with Gasteiger partial charge in [-0.25, -0.2) is 4.79 Å². The topological polar surface area (TPSA) is 39.2 Å². The number of rotatable bonds is 2. The number of hydrogen-bond acceptors (Lipinski definition) is 3. The molecule has 0 amide bonds. The molecule has 4 heteroatoms. The summed E-state index contributed by atoms with van der Waals surface area (Å²) in [6, 6.07) is 7.35. The van der Waals surface area contributed by atoms with Crippen LogP contribution in [-0.4, -0.2) is 18.1 Å². The van der Waals surface area contributed by atoms with Crippen LogP contribution in [0.4, 0.5) is 0 Å². The number of carbonyl (C=O) groups is 1. The van der Waals surface area contributed by atoms with Crippen LogP contribution in [0.2, 0.25) is 0 Å². The fourth-order valence-corrected chi connectivity index (χ4v) is 2.11. The lowest BCUT2D eigenvalue weighted by molar-refractivity contribution is 0.0601. The number of pyridine rings is 1. The highest BCUT2D eigenvalue weighted by Gasteiger charge is 2.14. The van der Waals surface area contributed by atoms with Crippen LogP contribution >= 0.6 is 15.9 Å². The summed E-state index contributed by atoms with van der Waals surface area (Å²) >= 11 is 3.44. The lowest BCUT2D eigenvalue weighted by atomic mass is 9.98. The molecule has 0 aliphatic carbocycles. The second-order valence-electron chi connectivity index (χ2n) is 3.83. The highest BCUT2D eigenvalue weighted by Crippen LogP contribution is 2.30. The second kappa shape index (κ2) is 5.31. The number of esters is 1. The van der Waals surface area contributed by atoms with Crippen molar-refractivity contribution in [3.63, 3.8) is 0 Å². The number of methoxy groups -OCH3 is 1. The van der Waals surface area contributed by atoms with E-state index in [1.54, 1.807) is 18.5 Å². The Labute approximate surface area is 114 Å². The summed E-state index contributed by atoms with van der Waals surface area (Å²) in [5, 5.41) is 0. The summed E-state index contributed by atoms with van der Waals surface area (Å²) in [5.74, 6) is -0.343. The molecule has 1 aromatic carbocycles. The van der Waals surface area contributed by atoms with E-state index in [-0.39, 0.29) is 5.97 Å². The van der Waals surface area contributed by atoms with E-state index in [1.165, 1.54) is 7.11 Å². The fourth-order valence-electron chi connectivity index (χ4n) is 1.78. The summed E-state index contributed by atoms with van der Waals surface area (Å²) in [5.41, 5.74) is 3.34. The number of carbonyl (C=O) groups excluding carboxylic acids is 1. The van der Waals surface area contributed by atoms with E-state index >= 15 is 0 Å². The molecule has 0 N–H and O–H groups in total. The minimum atomic E-state index is -0.343. The minimum Gasteiger partial charge on any atom is -0.465 e. The number of nitrogens with zero attached hydrogens (tertiary/aromatic N) is 1. The highest BCUT2D eigenvalue weighted by atomic mass is 79.9. The first-order valence-electron chi connectivity index (χ1n) is 5.43. The number of halogens is 1. The molecule has 0 saturated heterocycles. The molecule has 1 heterocycles. The average molecular weight is 306 g/mol. The summed E-state index contributed by atoms with van der Waals surface area (Å²) in [6.07, 6.45) is 3.49. The fraction of sp³-hybridized carbons (Fsp3) is 0.143. The molecule has 0 radical (unpaired) electrons. The quantitative estimate of drug-likeness (QED) is 0.796. The van der Waals surface area contributed by atoms with Crippen LogP contribution in [0.1, 0.15) is 15.9 Å². The SMILES string of the molecule is COC(=O)c1ccccc1-c1cncc(Br)c1C. The first kappa shape index (κ1) is 12.8. The lowest BCUT2D eigenvalue weighted by Gasteiger charge is -2.11. The maximum Gasteiger partial charge on any atom is 0.338 e. The van der Waals surface area contributed by atoms with E-state index in [0.29, 0.717) is 5.56 Å². The molecular formula is C14H12BrNO2. The Morgan fingerprint density at radius 2 is 1.94 bits per heavy atom. The molecule has 3 nitrogen and oxygen atoms in total. The van der Waals surface area contributed by atoms with Crippen molar-refractivity contribution in [3.05, 3.63) is 52.3 Å². The molecule has 0 bridgehead atoms. The maximum absolute atomic E-state index is 11.7. The van der Waals surface area contributed by atoms with E-state index in [4.69, 9.17) is 4.74 Å². The Hall–Kier alpha value is -1.68. The van der Waals surface area contributed by atoms with Gasteiger partial charge >= 0.3 is 5.97 Å². The normalized spacial score (nSPS) is 10.2. The van der Waals surface area contributed by atoms with Crippen LogP contribution in [0, 0.1) is 6.92 Å². The standard InChI is InChI=1S/C14H12BrNO2/c1-9-12(7-16-8-13(9)15)10-5-3-4-6-11(10)14(17)18-2/h3-8H,1-2H3.